The highest BCUT2D eigenvalue weighted by atomic mass is 35.5. The number of ether oxygens (including phenoxy) is 1. The monoisotopic (exact) mass is 385 g/mol. The fourth-order valence-corrected chi connectivity index (χ4v) is 3.09. The Bertz CT molecular complexity index is 779. The Kier molecular flexibility index (Phi) is 6.50. The molecule has 2 aromatic heterocycles. The molecule has 12 heteroatoms. The zero-order valence-corrected chi connectivity index (χ0v) is 14.0. The summed E-state index contributed by atoms with van der Waals surface area (Å²) in [5, 5.41) is -0.0374. The number of rotatable bonds is 3. The number of thiophene rings is 1. The summed E-state index contributed by atoms with van der Waals surface area (Å²) >= 11 is 11.7. The van der Waals surface area contributed by atoms with Crippen LogP contribution in [0.5, 0.6) is 5.75 Å². The summed E-state index contributed by atoms with van der Waals surface area (Å²) in [6, 6.07) is 2.66. The van der Waals surface area contributed by atoms with Crippen molar-refractivity contribution in [1.29, 1.82) is 0 Å². The van der Waals surface area contributed by atoms with Gasteiger partial charge in [0.25, 0.3) is 5.91 Å². The summed E-state index contributed by atoms with van der Waals surface area (Å²) in [7, 11) is -2.66. The van der Waals surface area contributed by atoms with Gasteiger partial charge in [0, 0.05) is 0 Å². The second-order valence-electron chi connectivity index (χ2n) is 3.45. The highest BCUT2D eigenvalue weighted by Crippen LogP contribution is 2.24. The standard InChI is InChI=1S/C6H6ClN3O2.C4H3ClO3S2/c1-12-3-2-9-6(7)10-4(3)5(8)11;5-3-1-2-4(9-3)10(6,7)8/h2H,1H3,(H2,8,11);1-2H,(H,6,7,8). The number of hydrogen-bond donors (Lipinski definition) is 2. The molecule has 3 N–H and O–H groups in total. The van der Waals surface area contributed by atoms with Gasteiger partial charge in [0.2, 0.25) is 5.28 Å². The Morgan fingerprint density at radius 1 is 1.41 bits per heavy atom. The largest absolute Gasteiger partial charge is 0.493 e. The Labute approximate surface area is 139 Å². The zero-order chi connectivity index (χ0) is 16.9. The quantitative estimate of drug-likeness (QED) is 0.608. The van der Waals surface area contributed by atoms with Gasteiger partial charge in [-0.1, -0.05) is 11.6 Å². The molecule has 0 spiro atoms. The molecule has 0 bridgehead atoms. The van der Waals surface area contributed by atoms with Gasteiger partial charge in [-0.15, -0.1) is 11.3 Å². The predicted octanol–water partition coefficient (Wildman–Crippen LogP) is 1.89. The summed E-state index contributed by atoms with van der Waals surface area (Å²) in [5.41, 5.74) is 4.97. The van der Waals surface area contributed by atoms with Crippen LogP contribution < -0.4 is 10.5 Å². The molecule has 1 amide bonds. The normalized spacial score (nSPS) is 10.5. The van der Waals surface area contributed by atoms with E-state index in [0.717, 1.165) is 11.3 Å². The first-order valence-corrected chi connectivity index (χ1v) is 8.25. The van der Waals surface area contributed by atoms with E-state index in [1.54, 1.807) is 0 Å². The van der Waals surface area contributed by atoms with Crippen molar-refractivity contribution in [1.82, 2.24) is 9.97 Å². The van der Waals surface area contributed by atoms with Crippen LogP contribution >= 0.6 is 34.5 Å². The van der Waals surface area contributed by atoms with Crippen LogP contribution in [0.1, 0.15) is 10.5 Å². The maximum Gasteiger partial charge on any atom is 0.304 e. The minimum atomic E-state index is -4.05. The van der Waals surface area contributed by atoms with E-state index >= 15 is 0 Å². The van der Waals surface area contributed by atoms with Crippen LogP contribution in [-0.4, -0.2) is 36.0 Å². The molecular weight excluding hydrogens is 377 g/mol. The maximum atomic E-state index is 10.7. The third kappa shape index (κ3) is 5.39. The molecule has 0 saturated heterocycles. The lowest BCUT2D eigenvalue weighted by Crippen LogP contribution is -2.15. The van der Waals surface area contributed by atoms with Crippen LogP contribution in [0.25, 0.3) is 0 Å². The van der Waals surface area contributed by atoms with Crippen molar-refractivity contribution >= 4 is 50.6 Å². The van der Waals surface area contributed by atoms with Gasteiger partial charge in [-0.05, 0) is 23.7 Å². The average Bonchev–Trinajstić information content (AvgIpc) is 2.86. The van der Waals surface area contributed by atoms with Gasteiger partial charge in [0.15, 0.2) is 11.4 Å². The molecule has 0 atom stereocenters. The van der Waals surface area contributed by atoms with Crippen LogP contribution in [0.2, 0.25) is 9.62 Å². The SMILES string of the molecule is COc1cnc(Cl)nc1C(N)=O.O=S(=O)(O)c1ccc(Cl)s1. The van der Waals surface area contributed by atoms with E-state index < -0.39 is 16.0 Å². The smallest absolute Gasteiger partial charge is 0.304 e. The van der Waals surface area contributed by atoms with Gasteiger partial charge < -0.3 is 10.5 Å². The zero-order valence-electron chi connectivity index (χ0n) is 10.9. The Morgan fingerprint density at radius 3 is 2.41 bits per heavy atom. The number of aromatic nitrogens is 2. The topological polar surface area (TPSA) is 132 Å². The number of carbonyl (C=O) groups is 1. The van der Waals surface area contributed by atoms with Crippen molar-refractivity contribution in [2.24, 2.45) is 5.73 Å². The molecule has 0 aliphatic carbocycles. The van der Waals surface area contributed by atoms with Crippen LogP contribution in [0.4, 0.5) is 0 Å². The number of amides is 1. The molecule has 0 aliphatic rings. The predicted molar refractivity (Wildman–Crippen MR) is 81.3 cm³/mol. The molecule has 2 rings (SSSR count). The third-order valence-electron chi connectivity index (χ3n) is 1.98. The van der Waals surface area contributed by atoms with E-state index in [1.165, 1.54) is 25.4 Å². The van der Waals surface area contributed by atoms with Crippen LogP contribution in [0, 0.1) is 0 Å². The Hall–Kier alpha value is -1.46. The molecule has 8 nitrogen and oxygen atoms in total. The van der Waals surface area contributed by atoms with E-state index in [9.17, 15) is 13.2 Å². The number of carbonyl (C=O) groups excluding carboxylic acids is 1. The summed E-state index contributed by atoms with van der Waals surface area (Å²) in [6.45, 7) is 0. The van der Waals surface area contributed by atoms with E-state index in [-0.39, 0.29) is 20.9 Å². The minimum Gasteiger partial charge on any atom is -0.493 e. The van der Waals surface area contributed by atoms with E-state index in [4.69, 9.17) is 38.2 Å². The molecule has 2 aromatic rings. The maximum absolute atomic E-state index is 10.7. The highest BCUT2D eigenvalue weighted by Gasteiger charge is 2.12. The second-order valence-corrected chi connectivity index (χ2v) is 7.16. The lowest BCUT2D eigenvalue weighted by molar-refractivity contribution is 0.0992. The molecule has 22 heavy (non-hydrogen) atoms. The molecule has 0 unspecified atom stereocenters. The van der Waals surface area contributed by atoms with Crippen LogP contribution in [-0.2, 0) is 10.1 Å². The van der Waals surface area contributed by atoms with E-state index in [2.05, 4.69) is 9.97 Å². The molecule has 0 aromatic carbocycles. The lowest BCUT2D eigenvalue weighted by Gasteiger charge is -2.02. The molecule has 120 valence electrons. The lowest BCUT2D eigenvalue weighted by atomic mass is 10.3. The van der Waals surface area contributed by atoms with Gasteiger partial charge in [-0.25, -0.2) is 9.97 Å². The van der Waals surface area contributed by atoms with Crippen LogP contribution in [0.3, 0.4) is 0 Å². The summed E-state index contributed by atoms with van der Waals surface area (Å²) < 4.78 is 34.1. The van der Waals surface area contributed by atoms with Gasteiger partial charge in [-0.2, -0.15) is 8.42 Å². The van der Waals surface area contributed by atoms with Gasteiger partial charge in [0.05, 0.1) is 17.6 Å². The number of methoxy groups -OCH3 is 1. The van der Waals surface area contributed by atoms with Gasteiger partial charge in [0.1, 0.15) is 4.21 Å². The molecule has 0 saturated carbocycles. The highest BCUT2D eigenvalue weighted by molar-refractivity contribution is 7.88. The first kappa shape index (κ1) is 18.6. The van der Waals surface area contributed by atoms with Gasteiger partial charge >= 0.3 is 10.1 Å². The van der Waals surface area contributed by atoms with Crippen molar-refractivity contribution in [3.63, 3.8) is 0 Å². The first-order valence-electron chi connectivity index (χ1n) is 5.24. The van der Waals surface area contributed by atoms with Crippen molar-refractivity contribution < 1.29 is 22.5 Å². The van der Waals surface area contributed by atoms with Crippen molar-refractivity contribution in [2.75, 3.05) is 7.11 Å². The fraction of sp³-hybridized carbons (Fsp3) is 0.100. The fourth-order valence-electron chi connectivity index (χ4n) is 1.11. The van der Waals surface area contributed by atoms with E-state index in [1.807, 2.05) is 0 Å². The number of halogens is 2. The molecular formula is C10H9Cl2N3O5S2. The Balaban J connectivity index is 0.000000224. The number of nitrogens with zero attached hydrogens (tertiary/aromatic N) is 2. The number of hydrogen-bond acceptors (Lipinski definition) is 7. The third-order valence-corrected chi connectivity index (χ3v) is 4.72. The molecule has 2 heterocycles. The summed E-state index contributed by atoms with van der Waals surface area (Å²) in [6.07, 6.45) is 1.29. The minimum absolute atomic E-state index is 0.0162. The average molecular weight is 386 g/mol. The number of nitrogens with two attached hydrogens (primary N) is 1. The van der Waals surface area contributed by atoms with Crippen LogP contribution in [0.15, 0.2) is 22.5 Å². The second kappa shape index (κ2) is 7.70. The molecule has 0 radical (unpaired) electrons. The number of primary amides is 1. The molecule has 0 fully saturated rings. The van der Waals surface area contributed by atoms with E-state index in [0.29, 0.717) is 4.34 Å². The summed E-state index contributed by atoms with van der Waals surface area (Å²) in [5.74, 6) is -0.483. The van der Waals surface area contributed by atoms with Gasteiger partial charge in [-0.3, -0.25) is 9.35 Å². The summed E-state index contributed by atoms with van der Waals surface area (Å²) in [4.78, 5) is 17.9. The Morgan fingerprint density at radius 2 is 2.05 bits per heavy atom. The van der Waals surface area contributed by atoms with Crippen molar-refractivity contribution in [3.05, 3.63) is 33.6 Å². The van der Waals surface area contributed by atoms with Crippen molar-refractivity contribution in [2.45, 2.75) is 4.21 Å². The first-order chi connectivity index (χ1) is 10.1. The molecule has 0 aliphatic heterocycles. The van der Waals surface area contributed by atoms with Crippen molar-refractivity contribution in [3.8, 4) is 5.75 Å².